The Labute approximate surface area is 133 Å². The van der Waals surface area contributed by atoms with E-state index in [0.717, 1.165) is 23.9 Å². The number of anilines is 1. The number of aromatic nitrogens is 4. The molecule has 7 nitrogen and oxygen atoms in total. The summed E-state index contributed by atoms with van der Waals surface area (Å²) >= 11 is 0. The van der Waals surface area contributed by atoms with Crippen LogP contribution in [-0.2, 0) is 16.6 Å². The number of hydrogen-bond donors (Lipinski definition) is 0. The molecule has 0 spiro atoms. The molecule has 2 saturated heterocycles. The molecule has 0 radical (unpaired) electrons. The Hall–Kier alpha value is -2.15. The summed E-state index contributed by atoms with van der Waals surface area (Å²) in [6.45, 7) is 1.99. The second-order valence-corrected chi connectivity index (χ2v) is 5.54. The quantitative estimate of drug-likeness (QED) is 0.765. The average molecular weight is 322 g/mol. The van der Waals surface area contributed by atoms with Crippen LogP contribution < -0.4 is 4.90 Å². The van der Waals surface area contributed by atoms with Gasteiger partial charge in [0.1, 0.15) is 5.69 Å². The monoisotopic (exact) mass is 321 g/mol. The fourth-order valence-electron chi connectivity index (χ4n) is 3.02. The van der Waals surface area contributed by atoms with Gasteiger partial charge in [-0.25, -0.2) is 4.98 Å². The summed E-state index contributed by atoms with van der Waals surface area (Å²) in [5, 5.41) is 8.53. The maximum atomic E-state index is 11.6. The maximum absolute atomic E-state index is 11.6. The number of nitrogens with zero attached hydrogens (tertiary/aromatic N) is 5. The van der Waals surface area contributed by atoms with Crippen molar-refractivity contribution in [1.82, 2.24) is 19.7 Å². The zero-order valence-electron chi connectivity index (χ0n) is 12.0. The minimum atomic E-state index is -0.0833. The molecule has 0 N–H and O–H groups in total. The fraction of sp³-hybridized carbons (Fsp3) is 0.429. The first-order valence-corrected chi connectivity index (χ1v) is 6.95. The van der Waals surface area contributed by atoms with Crippen LogP contribution in [0.5, 0.6) is 0 Å². The molecule has 2 atom stereocenters. The van der Waals surface area contributed by atoms with E-state index in [0.29, 0.717) is 13.2 Å². The van der Waals surface area contributed by atoms with Crippen LogP contribution >= 0.6 is 12.4 Å². The molecule has 0 aliphatic carbocycles. The van der Waals surface area contributed by atoms with Crippen LogP contribution in [0.1, 0.15) is 0 Å². The van der Waals surface area contributed by atoms with Crippen molar-refractivity contribution in [3.63, 3.8) is 0 Å². The van der Waals surface area contributed by atoms with Crippen LogP contribution in [0.2, 0.25) is 0 Å². The van der Waals surface area contributed by atoms with Crippen molar-refractivity contribution < 1.29 is 9.53 Å². The van der Waals surface area contributed by atoms with E-state index >= 15 is 0 Å². The highest BCUT2D eigenvalue weighted by Gasteiger charge is 2.44. The second-order valence-electron chi connectivity index (χ2n) is 5.54. The van der Waals surface area contributed by atoms with Gasteiger partial charge in [0.25, 0.3) is 0 Å². The largest absolute Gasteiger partial charge is 0.465 e. The molecule has 2 aliphatic rings. The molecule has 0 unspecified atom stereocenters. The van der Waals surface area contributed by atoms with Crippen molar-refractivity contribution in [3.05, 3.63) is 24.5 Å². The number of carbonyl (C=O) groups excluding carboxylic acids is 1. The Kier molecular flexibility index (Phi) is 3.74. The Morgan fingerprint density at radius 3 is 2.77 bits per heavy atom. The summed E-state index contributed by atoms with van der Waals surface area (Å²) in [6.07, 6.45) is 3.61. The number of fused-ring (bicyclic) bond motifs is 1. The number of esters is 1. The van der Waals surface area contributed by atoms with Gasteiger partial charge in [0.15, 0.2) is 11.6 Å². The maximum Gasteiger partial charge on any atom is 0.311 e. The lowest BCUT2D eigenvalue weighted by atomic mass is 10.0. The fourth-order valence-corrected chi connectivity index (χ4v) is 3.02. The van der Waals surface area contributed by atoms with Gasteiger partial charge < -0.3 is 14.2 Å². The number of carbonyl (C=O) groups is 1. The van der Waals surface area contributed by atoms with Crippen molar-refractivity contribution in [2.24, 2.45) is 18.9 Å². The molecule has 4 heterocycles. The van der Waals surface area contributed by atoms with Crippen LogP contribution in [0, 0.1) is 11.8 Å². The van der Waals surface area contributed by atoms with Gasteiger partial charge >= 0.3 is 5.97 Å². The van der Waals surface area contributed by atoms with E-state index in [1.54, 1.807) is 6.20 Å². The summed E-state index contributed by atoms with van der Waals surface area (Å²) in [5.41, 5.74) is 0.741. The predicted molar refractivity (Wildman–Crippen MR) is 81.6 cm³/mol. The molecule has 0 aromatic carbocycles. The third-order valence-electron chi connectivity index (χ3n) is 4.21. The number of halogens is 1. The number of rotatable bonds is 2. The second kappa shape index (κ2) is 5.57. The van der Waals surface area contributed by atoms with E-state index in [1.165, 1.54) is 0 Å². The minimum Gasteiger partial charge on any atom is -0.465 e. The van der Waals surface area contributed by atoms with Gasteiger partial charge in [-0.1, -0.05) is 0 Å². The Balaban J connectivity index is 0.00000144. The summed E-state index contributed by atoms with van der Waals surface area (Å²) in [6, 6.07) is 3.85. The molecular weight excluding hydrogens is 306 g/mol. The summed E-state index contributed by atoms with van der Waals surface area (Å²) < 4.78 is 6.98. The molecule has 22 heavy (non-hydrogen) atoms. The number of imidazole rings is 1. The zero-order chi connectivity index (χ0) is 14.4. The van der Waals surface area contributed by atoms with E-state index in [4.69, 9.17) is 4.74 Å². The summed E-state index contributed by atoms with van der Waals surface area (Å²) in [7, 11) is 1.92. The van der Waals surface area contributed by atoms with Gasteiger partial charge in [-0.3, -0.25) is 4.79 Å². The van der Waals surface area contributed by atoms with E-state index < -0.39 is 0 Å². The highest BCUT2D eigenvalue weighted by atomic mass is 35.5. The van der Waals surface area contributed by atoms with Crippen molar-refractivity contribution in [1.29, 1.82) is 0 Å². The molecule has 116 valence electrons. The molecule has 2 aliphatic heterocycles. The molecular formula is C14H16ClN5O2. The standard InChI is InChI=1S/C14H15N5O2.ClH/c1-18-5-4-15-13(18)11-2-3-12(17-16-11)19-6-9-8-21-14(20)10(9)7-19;/h2-5,9-10H,6-8H2,1H3;1H/t9-,10-;/m1./s1. The van der Waals surface area contributed by atoms with Crippen LogP contribution in [-0.4, -0.2) is 45.4 Å². The van der Waals surface area contributed by atoms with E-state index in [9.17, 15) is 4.79 Å². The molecule has 2 aromatic heterocycles. The summed E-state index contributed by atoms with van der Waals surface area (Å²) in [4.78, 5) is 17.9. The topological polar surface area (TPSA) is 73.1 Å². The van der Waals surface area contributed by atoms with Crippen molar-refractivity contribution in [3.8, 4) is 11.5 Å². The number of cyclic esters (lactones) is 1. The molecule has 0 saturated carbocycles. The van der Waals surface area contributed by atoms with Gasteiger partial charge in [-0.2, -0.15) is 0 Å². The third kappa shape index (κ3) is 2.31. The Morgan fingerprint density at radius 1 is 1.27 bits per heavy atom. The number of aryl methyl sites for hydroxylation is 1. The van der Waals surface area contributed by atoms with Crippen LogP contribution in [0.15, 0.2) is 24.5 Å². The molecule has 0 amide bonds. The van der Waals surface area contributed by atoms with Crippen molar-refractivity contribution >= 4 is 24.2 Å². The SMILES string of the molecule is Cl.Cn1ccnc1-c1ccc(N2C[C@@H]3COC(=O)[C@@H]3C2)nn1. The van der Waals surface area contributed by atoms with Gasteiger partial charge in [0.05, 0.1) is 12.5 Å². The van der Waals surface area contributed by atoms with Crippen LogP contribution in [0.4, 0.5) is 5.82 Å². The highest BCUT2D eigenvalue weighted by molar-refractivity contribution is 5.85. The van der Waals surface area contributed by atoms with Crippen molar-refractivity contribution in [2.45, 2.75) is 0 Å². The average Bonchev–Trinajstić information content (AvgIpc) is 3.17. The van der Waals surface area contributed by atoms with E-state index in [2.05, 4.69) is 20.1 Å². The summed E-state index contributed by atoms with van der Waals surface area (Å²) in [5.74, 6) is 1.78. The zero-order valence-corrected chi connectivity index (χ0v) is 12.9. The van der Waals surface area contributed by atoms with Gasteiger partial charge in [0.2, 0.25) is 0 Å². The van der Waals surface area contributed by atoms with Gasteiger partial charge in [-0.15, -0.1) is 22.6 Å². The number of ether oxygens (including phenoxy) is 1. The van der Waals surface area contributed by atoms with E-state index in [1.807, 2.05) is 29.9 Å². The Morgan fingerprint density at radius 2 is 2.14 bits per heavy atom. The first kappa shape index (κ1) is 14.8. The third-order valence-corrected chi connectivity index (χ3v) is 4.21. The molecule has 2 aromatic rings. The normalized spacial score (nSPS) is 23.1. The van der Waals surface area contributed by atoms with Gasteiger partial charge in [-0.05, 0) is 12.1 Å². The number of hydrogen-bond acceptors (Lipinski definition) is 6. The first-order chi connectivity index (χ1) is 10.2. The van der Waals surface area contributed by atoms with Gasteiger partial charge in [0, 0.05) is 38.4 Å². The smallest absolute Gasteiger partial charge is 0.311 e. The minimum absolute atomic E-state index is 0. The van der Waals surface area contributed by atoms with E-state index in [-0.39, 0.29) is 30.2 Å². The molecule has 2 fully saturated rings. The highest BCUT2D eigenvalue weighted by Crippen LogP contribution is 2.32. The Bertz CT molecular complexity index is 687. The lowest BCUT2D eigenvalue weighted by Gasteiger charge is -2.17. The van der Waals surface area contributed by atoms with Crippen molar-refractivity contribution in [2.75, 3.05) is 24.6 Å². The lowest BCUT2D eigenvalue weighted by Crippen LogP contribution is -2.24. The predicted octanol–water partition coefficient (Wildman–Crippen LogP) is 0.908. The molecule has 0 bridgehead atoms. The molecule has 4 rings (SSSR count). The van der Waals surface area contributed by atoms with Crippen LogP contribution in [0.3, 0.4) is 0 Å². The van der Waals surface area contributed by atoms with Crippen LogP contribution in [0.25, 0.3) is 11.5 Å². The lowest BCUT2D eigenvalue weighted by molar-refractivity contribution is -0.140. The first-order valence-electron chi connectivity index (χ1n) is 6.95. The molecule has 8 heteroatoms.